The van der Waals surface area contributed by atoms with Crippen LogP contribution in [0.4, 0.5) is 0 Å². The van der Waals surface area contributed by atoms with E-state index in [-0.39, 0.29) is 0 Å². The maximum Gasteiger partial charge on any atom is 0.0575 e. The van der Waals surface area contributed by atoms with Crippen molar-refractivity contribution in [2.45, 2.75) is 70.1 Å². The Hall–Kier alpha value is -0.120. The fourth-order valence-electron chi connectivity index (χ4n) is 2.42. The molecule has 3 nitrogen and oxygen atoms in total. The Morgan fingerprint density at radius 2 is 2.12 bits per heavy atom. The smallest absolute Gasteiger partial charge is 0.0575 e. The molecule has 2 rings (SSSR count). The van der Waals surface area contributed by atoms with Gasteiger partial charge in [0.15, 0.2) is 0 Å². The maximum absolute atomic E-state index is 5.73. The zero-order valence-corrected chi connectivity index (χ0v) is 11.2. The molecule has 0 aromatic rings. The molecule has 1 saturated heterocycles. The standard InChI is InChI=1S/C14H28N2O/c1-12(11-16-13-7-8-13)15-9-4-6-14-5-2-3-10-17-14/h12-16H,2-11H2,1H3. The molecule has 2 unspecified atom stereocenters. The normalized spacial score (nSPS) is 27.0. The number of nitrogens with one attached hydrogen (secondary N) is 2. The largest absolute Gasteiger partial charge is 0.378 e. The second-order valence-corrected chi connectivity index (χ2v) is 5.67. The van der Waals surface area contributed by atoms with E-state index in [0.29, 0.717) is 12.1 Å². The zero-order chi connectivity index (χ0) is 11.9. The van der Waals surface area contributed by atoms with Crippen LogP contribution >= 0.6 is 0 Å². The van der Waals surface area contributed by atoms with Crippen LogP contribution in [0.5, 0.6) is 0 Å². The summed E-state index contributed by atoms with van der Waals surface area (Å²) in [4.78, 5) is 0. The Balaban J connectivity index is 1.41. The summed E-state index contributed by atoms with van der Waals surface area (Å²) >= 11 is 0. The van der Waals surface area contributed by atoms with E-state index in [2.05, 4.69) is 17.6 Å². The van der Waals surface area contributed by atoms with Crippen LogP contribution in [0.25, 0.3) is 0 Å². The van der Waals surface area contributed by atoms with Crippen LogP contribution in [0.1, 0.15) is 51.9 Å². The van der Waals surface area contributed by atoms with Gasteiger partial charge in [0, 0.05) is 25.2 Å². The average Bonchev–Trinajstić information content (AvgIpc) is 3.17. The highest BCUT2D eigenvalue weighted by atomic mass is 16.5. The molecule has 100 valence electrons. The highest BCUT2D eigenvalue weighted by Crippen LogP contribution is 2.18. The molecular weight excluding hydrogens is 212 g/mol. The Labute approximate surface area is 106 Å². The molecule has 2 aliphatic rings. The number of hydrogen-bond acceptors (Lipinski definition) is 3. The molecule has 0 aromatic heterocycles. The van der Waals surface area contributed by atoms with Gasteiger partial charge >= 0.3 is 0 Å². The van der Waals surface area contributed by atoms with Crippen LogP contribution in [0.3, 0.4) is 0 Å². The molecule has 1 heterocycles. The van der Waals surface area contributed by atoms with Crippen molar-refractivity contribution in [3.05, 3.63) is 0 Å². The third-order valence-electron chi connectivity index (χ3n) is 3.76. The van der Waals surface area contributed by atoms with Crippen molar-refractivity contribution in [3.8, 4) is 0 Å². The van der Waals surface area contributed by atoms with Gasteiger partial charge in [0.05, 0.1) is 6.10 Å². The van der Waals surface area contributed by atoms with Crippen molar-refractivity contribution in [2.75, 3.05) is 19.7 Å². The Morgan fingerprint density at radius 3 is 2.82 bits per heavy atom. The second-order valence-electron chi connectivity index (χ2n) is 5.67. The Morgan fingerprint density at radius 1 is 1.24 bits per heavy atom. The monoisotopic (exact) mass is 240 g/mol. The summed E-state index contributed by atoms with van der Waals surface area (Å²) in [5.74, 6) is 0. The van der Waals surface area contributed by atoms with Crippen molar-refractivity contribution in [2.24, 2.45) is 0 Å². The number of hydrogen-bond donors (Lipinski definition) is 2. The lowest BCUT2D eigenvalue weighted by Gasteiger charge is -2.23. The molecule has 3 heteroatoms. The predicted octanol–water partition coefficient (Wildman–Crippen LogP) is 2.07. The van der Waals surface area contributed by atoms with E-state index in [1.54, 1.807) is 0 Å². The van der Waals surface area contributed by atoms with Gasteiger partial charge in [0.2, 0.25) is 0 Å². The average molecular weight is 240 g/mol. The number of ether oxygens (including phenoxy) is 1. The molecule has 0 aromatic carbocycles. The van der Waals surface area contributed by atoms with Gasteiger partial charge in [-0.15, -0.1) is 0 Å². The lowest BCUT2D eigenvalue weighted by molar-refractivity contribution is 0.0101. The van der Waals surface area contributed by atoms with Gasteiger partial charge in [-0.1, -0.05) is 0 Å². The van der Waals surface area contributed by atoms with Crippen LogP contribution in [-0.2, 0) is 4.74 Å². The first-order valence-corrected chi connectivity index (χ1v) is 7.43. The van der Waals surface area contributed by atoms with Crippen molar-refractivity contribution in [1.82, 2.24) is 10.6 Å². The van der Waals surface area contributed by atoms with Crippen LogP contribution in [-0.4, -0.2) is 37.9 Å². The second kappa shape index (κ2) is 7.34. The molecule has 0 spiro atoms. The molecule has 2 fully saturated rings. The molecular formula is C14H28N2O. The van der Waals surface area contributed by atoms with Gasteiger partial charge in [-0.25, -0.2) is 0 Å². The minimum atomic E-state index is 0.547. The van der Waals surface area contributed by atoms with Gasteiger partial charge < -0.3 is 15.4 Å². The highest BCUT2D eigenvalue weighted by molar-refractivity contribution is 4.82. The quantitative estimate of drug-likeness (QED) is 0.637. The first-order valence-electron chi connectivity index (χ1n) is 7.43. The molecule has 0 radical (unpaired) electrons. The topological polar surface area (TPSA) is 33.3 Å². The van der Waals surface area contributed by atoms with Gasteiger partial charge in [0.1, 0.15) is 0 Å². The minimum absolute atomic E-state index is 0.547. The first kappa shape index (κ1) is 13.3. The third kappa shape index (κ3) is 5.84. The van der Waals surface area contributed by atoms with Crippen molar-refractivity contribution in [1.29, 1.82) is 0 Å². The molecule has 17 heavy (non-hydrogen) atoms. The van der Waals surface area contributed by atoms with Crippen LogP contribution in [0.2, 0.25) is 0 Å². The fourth-order valence-corrected chi connectivity index (χ4v) is 2.42. The molecule has 1 aliphatic heterocycles. The van der Waals surface area contributed by atoms with Gasteiger partial charge in [-0.2, -0.15) is 0 Å². The summed E-state index contributed by atoms with van der Waals surface area (Å²) in [7, 11) is 0. The molecule has 2 atom stereocenters. The third-order valence-corrected chi connectivity index (χ3v) is 3.76. The van der Waals surface area contributed by atoms with E-state index in [0.717, 1.165) is 25.7 Å². The van der Waals surface area contributed by atoms with Crippen molar-refractivity contribution in [3.63, 3.8) is 0 Å². The van der Waals surface area contributed by atoms with E-state index >= 15 is 0 Å². The van der Waals surface area contributed by atoms with Gasteiger partial charge in [-0.3, -0.25) is 0 Å². The van der Waals surface area contributed by atoms with E-state index in [9.17, 15) is 0 Å². The molecule has 0 amide bonds. The maximum atomic E-state index is 5.73. The summed E-state index contributed by atoms with van der Waals surface area (Å²) in [5, 5.41) is 7.15. The summed E-state index contributed by atoms with van der Waals surface area (Å²) in [5.41, 5.74) is 0. The Bertz CT molecular complexity index is 200. The highest BCUT2D eigenvalue weighted by Gasteiger charge is 2.20. The van der Waals surface area contributed by atoms with Crippen molar-refractivity contribution >= 4 is 0 Å². The Kier molecular flexibility index (Phi) is 5.75. The van der Waals surface area contributed by atoms with E-state index in [1.807, 2.05) is 0 Å². The van der Waals surface area contributed by atoms with E-state index < -0.39 is 0 Å². The van der Waals surface area contributed by atoms with E-state index in [4.69, 9.17) is 4.74 Å². The van der Waals surface area contributed by atoms with Gasteiger partial charge in [0.25, 0.3) is 0 Å². The molecule has 1 saturated carbocycles. The van der Waals surface area contributed by atoms with Crippen LogP contribution < -0.4 is 10.6 Å². The van der Waals surface area contributed by atoms with Crippen LogP contribution in [0.15, 0.2) is 0 Å². The lowest BCUT2D eigenvalue weighted by Crippen LogP contribution is -2.37. The summed E-state index contributed by atoms with van der Waals surface area (Å²) in [6, 6.07) is 1.43. The van der Waals surface area contributed by atoms with Crippen molar-refractivity contribution < 1.29 is 4.74 Å². The molecule has 1 aliphatic carbocycles. The predicted molar refractivity (Wildman–Crippen MR) is 71.3 cm³/mol. The first-order chi connectivity index (χ1) is 8.34. The minimum Gasteiger partial charge on any atom is -0.378 e. The van der Waals surface area contributed by atoms with Crippen LogP contribution in [0, 0.1) is 0 Å². The summed E-state index contributed by atoms with van der Waals surface area (Å²) in [6.45, 7) is 5.50. The summed E-state index contributed by atoms with van der Waals surface area (Å²) < 4.78 is 5.73. The van der Waals surface area contributed by atoms with Gasteiger partial charge in [-0.05, 0) is 58.4 Å². The lowest BCUT2D eigenvalue weighted by atomic mass is 10.0. The zero-order valence-electron chi connectivity index (χ0n) is 11.2. The summed E-state index contributed by atoms with van der Waals surface area (Å²) in [6.07, 6.45) is 9.69. The SMILES string of the molecule is CC(CNC1CC1)NCCCC1CCCCO1. The fraction of sp³-hybridized carbons (Fsp3) is 1.00. The molecule has 2 N–H and O–H groups in total. The molecule has 0 bridgehead atoms. The number of rotatable bonds is 8. The van der Waals surface area contributed by atoms with E-state index in [1.165, 1.54) is 44.9 Å².